The Hall–Kier alpha value is -4.80. The molecule has 0 bridgehead atoms. The zero-order valence-electron chi connectivity index (χ0n) is 29.2. The van der Waals surface area contributed by atoms with Gasteiger partial charge in [-0.1, -0.05) is 48.8 Å². The molecule has 2 aliphatic heterocycles. The lowest BCUT2D eigenvalue weighted by molar-refractivity contribution is -0.127. The van der Waals surface area contributed by atoms with Crippen LogP contribution in [-0.4, -0.2) is 79.7 Å². The first-order valence-corrected chi connectivity index (χ1v) is 16.5. The van der Waals surface area contributed by atoms with Crippen LogP contribution in [0.2, 0.25) is 0 Å². The van der Waals surface area contributed by atoms with Crippen LogP contribution in [0.5, 0.6) is 0 Å². The van der Waals surface area contributed by atoms with E-state index in [-0.39, 0.29) is 36.0 Å². The largest absolute Gasteiger partial charge is 0.444 e. The van der Waals surface area contributed by atoms with Crippen molar-refractivity contribution in [1.29, 1.82) is 0 Å². The van der Waals surface area contributed by atoms with E-state index < -0.39 is 5.60 Å². The minimum Gasteiger partial charge on any atom is -0.444 e. The van der Waals surface area contributed by atoms with E-state index in [0.29, 0.717) is 43.6 Å². The summed E-state index contributed by atoms with van der Waals surface area (Å²) >= 11 is 0. The molecule has 11 heteroatoms. The number of H-pyrrole nitrogens is 1. The zero-order valence-corrected chi connectivity index (χ0v) is 29.2. The first kappa shape index (κ1) is 34.5. The normalized spacial score (nSPS) is 15.0. The third-order valence-electron chi connectivity index (χ3n) is 8.40. The predicted octanol–water partition coefficient (Wildman–Crippen LogP) is 6.41. The van der Waals surface area contributed by atoms with Crippen molar-refractivity contribution in [3.8, 4) is 11.1 Å². The van der Waals surface area contributed by atoms with Crippen LogP contribution < -0.4 is 0 Å². The van der Waals surface area contributed by atoms with Crippen molar-refractivity contribution >= 4 is 17.8 Å². The first-order chi connectivity index (χ1) is 22.6. The van der Waals surface area contributed by atoms with Crippen molar-refractivity contribution in [1.82, 2.24) is 30.1 Å². The lowest BCUT2D eigenvalue weighted by Crippen LogP contribution is -2.54. The van der Waals surface area contributed by atoms with Gasteiger partial charge in [-0.15, -0.1) is 0 Å². The maximum atomic E-state index is 12.7. The van der Waals surface area contributed by atoms with E-state index in [2.05, 4.69) is 72.5 Å². The van der Waals surface area contributed by atoms with Gasteiger partial charge in [0, 0.05) is 55.2 Å². The van der Waals surface area contributed by atoms with Gasteiger partial charge in [0.05, 0.1) is 18.0 Å². The fourth-order valence-electron chi connectivity index (χ4n) is 5.52. The van der Waals surface area contributed by atoms with Crippen LogP contribution in [0, 0.1) is 26.7 Å². The van der Waals surface area contributed by atoms with E-state index in [9.17, 15) is 14.4 Å². The highest BCUT2D eigenvalue weighted by molar-refractivity contribution is 5.93. The summed E-state index contributed by atoms with van der Waals surface area (Å²) in [6, 6.07) is 16.4. The second-order valence-corrected chi connectivity index (χ2v) is 14.2. The molecule has 2 fully saturated rings. The van der Waals surface area contributed by atoms with Crippen LogP contribution in [0.1, 0.15) is 91.0 Å². The quantitative estimate of drug-likeness (QED) is 0.242. The summed E-state index contributed by atoms with van der Waals surface area (Å²) in [6.07, 6.45) is -0.134. The number of nitrogens with one attached hydrogen (secondary N) is 1. The van der Waals surface area contributed by atoms with Gasteiger partial charge >= 0.3 is 6.09 Å². The van der Waals surface area contributed by atoms with Gasteiger partial charge in [-0.2, -0.15) is 5.10 Å². The number of aromatic nitrogens is 4. The number of aromatic amines is 1. The third kappa shape index (κ3) is 8.56. The van der Waals surface area contributed by atoms with Gasteiger partial charge in [-0.05, 0) is 76.8 Å². The number of ether oxygens (including phenoxy) is 1. The van der Waals surface area contributed by atoms with Gasteiger partial charge < -0.3 is 19.1 Å². The summed E-state index contributed by atoms with van der Waals surface area (Å²) in [4.78, 5) is 44.5. The fraction of sp³-hybridized carbons (Fsp3) is 0.459. The van der Waals surface area contributed by atoms with Crippen molar-refractivity contribution in [3.63, 3.8) is 0 Å². The molecule has 5 heterocycles. The lowest BCUT2D eigenvalue weighted by atomic mass is 9.92. The van der Waals surface area contributed by atoms with Crippen LogP contribution in [0.15, 0.2) is 53.1 Å². The molecule has 0 atom stereocenters. The van der Waals surface area contributed by atoms with Crippen molar-refractivity contribution < 1.29 is 23.6 Å². The first-order valence-electron chi connectivity index (χ1n) is 16.5. The summed E-state index contributed by atoms with van der Waals surface area (Å²) in [6.45, 7) is 17.8. The Morgan fingerprint density at radius 2 is 1.60 bits per heavy atom. The number of rotatable bonds is 7. The Bertz CT molecular complexity index is 1760. The number of aryl methyl sites for hydroxylation is 3. The maximum Gasteiger partial charge on any atom is 0.410 e. The lowest BCUT2D eigenvalue weighted by Gasteiger charge is -2.38. The second-order valence-electron chi connectivity index (χ2n) is 14.2. The number of carbonyl (C=O) groups is 3. The van der Waals surface area contributed by atoms with Crippen LogP contribution in [0.3, 0.4) is 0 Å². The molecule has 48 heavy (non-hydrogen) atoms. The number of carbonyl (C=O) groups excluding carboxylic acids is 3. The van der Waals surface area contributed by atoms with Crippen molar-refractivity contribution in [3.05, 3.63) is 88.3 Å². The Morgan fingerprint density at radius 3 is 2.19 bits per heavy atom. The summed E-state index contributed by atoms with van der Waals surface area (Å²) in [5.74, 6) is 1.11. The van der Waals surface area contributed by atoms with Crippen LogP contribution >= 0.6 is 0 Å². The van der Waals surface area contributed by atoms with E-state index in [1.54, 1.807) is 11.0 Å². The molecular formula is C37H46N6O5. The number of hydrogen-bond donors (Lipinski definition) is 1. The third-order valence-corrected chi connectivity index (χ3v) is 8.40. The molecule has 0 aliphatic carbocycles. The molecule has 1 aromatic carbocycles. The van der Waals surface area contributed by atoms with Crippen LogP contribution in [-0.2, 0) is 16.0 Å². The smallest absolute Gasteiger partial charge is 0.410 e. The Labute approximate surface area is 282 Å². The molecule has 0 radical (unpaired) electrons. The minimum atomic E-state index is -0.510. The van der Waals surface area contributed by atoms with E-state index >= 15 is 0 Å². The maximum absolute atomic E-state index is 12.7. The standard InChI is InChI=1S/C23H26N4O.C14H20N2O4/c1-14(2)20-11-22(26-25-20)23(28)27-12-19(13-27)21-10-18(9-16(4)24-21)17-7-5-15(3)6-8-17;1-9-5-11(20-15-9)6-12(17)10-7-16(8-10)13(18)19-14(2,3)4/h5-11,14,19H,12-13H2,1-4H3,(H,25,26);5,10H,6-8H2,1-4H3. The number of nitrogens with zero attached hydrogens (tertiary/aromatic N) is 5. The number of likely N-dealkylation sites (tertiary alicyclic amines) is 2. The molecule has 2 saturated heterocycles. The summed E-state index contributed by atoms with van der Waals surface area (Å²) < 4.78 is 10.3. The molecule has 2 aliphatic rings. The van der Waals surface area contributed by atoms with E-state index in [0.717, 1.165) is 22.8 Å². The molecule has 2 amide bonds. The molecule has 11 nitrogen and oxygen atoms in total. The molecule has 0 unspecified atom stereocenters. The van der Waals surface area contributed by atoms with E-state index in [1.807, 2.05) is 45.6 Å². The van der Waals surface area contributed by atoms with Gasteiger partial charge in [0.15, 0.2) is 0 Å². The fourth-order valence-corrected chi connectivity index (χ4v) is 5.52. The van der Waals surface area contributed by atoms with Gasteiger partial charge in [-0.25, -0.2) is 4.79 Å². The average Bonchev–Trinajstić information content (AvgIpc) is 3.60. The van der Waals surface area contributed by atoms with Gasteiger partial charge in [0.2, 0.25) is 0 Å². The molecule has 0 spiro atoms. The molecular weight excluding hydrogens is 608 g/mol. The number of ketones is 1. The number of amides is 2. The van der Waals surface area contributed by atoms with Crippen molar-refractivity contribution in [2.45, 2.75) is 79.2 Å². The average molecular weight is 655 g/mol. The van der Waals surface area contributed by atoms with Gasteiger partial charge in [0.1, 0.15) is 22.8 Å². The zero-order chi connectivity index (χ0) is 34.7. The topological polar surface area (TPSA) is 135 Å². The summed E-state index contributed by atoms with van der Waals surface area (Å²) in [5, 5.41) is 10.9. The van der Waals surface area contributed by atoms with Crippen molar-refractivity contribution in [2.75, 3.05) is 26.2 Å². The molecule has 1 N–H and O–H groups in total. The van der Waals surface area contributed by atoms with E-state index in [4.69, 9.17) is 14.2 Å². The van der Waals surface area contributed by atoms with E-state index in [1.165, 1.54) is 16.7 Å². The van der Waals surface area contributed by atoms with Gasteiger partial charge in [-0.3, -0.25) is 19.7 Å². The molecule has 0 saturated carbocycles. The van der Waals surface area contributed by atoms with Crippen LogP contribution in [0.25, 0.3) is 11.1 Å². The molecule has 3 aromatic heterocycles. The monoisotopic (exact) mass is 654 g/mol. The number of pyridine rings is 1. The van der Waals surface area contributed by atoms with Crippen LogP contribution in [0.4, 0.5) is 4.79 Å². The number of benzene rings is 1. The minimum absolute atomic E-state index is 0.00851. The van der Waals surface area contributed by atoms with Crippen molar-refractivity contribution in [2.24, 2.45) is 5.92 Å². The Kier molecular flexibility index (Phi) is 10.2. The molecule has 4 aromatic rings. The molecule has 6 rings (SSSR count). The highest BCUT2D eigenvalue weighted by atomic mass is 16.6. The Morgan fingerprint density at radius 1 is 0.917 bits per heavy atom. The van der Waals surface area contributed by atoms with Gasteiger partial charge in [0.25, 0.3) is 5.91 Å². The highest BCUT2D eigenvalue weighted by Gasteiger charge is 2.38. The number of Topliss-reactive ketones (excluding diaryl/α,β-unsaturated/α-hetero) is 1. The SMILES string of the molecule is Cc1cc(CC(=O)C2CN(C(=O)OC(C)(C)C)C2)on1.Cc1ccc(-c2cc(C)nc(C3CN(C(=O)c4cc(C(C)C)[nH]n4)C3)c2)cc1. The number of hydrogen-bond acceptors (Lipinski definition) is 8. The Balaban J connectivity index is 0.000000199. The highest BCUT2D eigenvalue weighted by Crippen LogP contribution is 2.31. The second kappa shape index (κ2) is 14.1. The predicted molar refractivity (Wildman–Crippen MR) is 182 cm³/mol. The molecule has 254 valence electrons. The summed E-state index contributed by atoms with van der Waals surface area (Å²) in [5.41, 5.74) is 7.44. The summed E-state index contributed by atoms with van der Waals surface area (Å²) in [7, 11) is 0.